The Balaban J connectivity index is 2.99. The van der Waals surface area contributed by atoms with E-state index in [1.54, 1.807) is 26.0 Å². The van der Waals surface area contributed by atoms with Crippen molar-refractivity contribution in [2.45, 2.75) is 25.8 Å². The highest BCUT2D eigenvalue weighted by atomic mass is 127. The zero-order valence-electron chi connectivity index (χ0n) is 10.3. The van der Waals surface area contributed by atoms with Gasteiger partial charge >= 0.3 is 5.97 Å². The van der Waals surface area contributed by atoms with Crippen molar-refractivity contribution < 1.29 is 19.8 Å². The summed E-state index contributed by atoms with van der Waals surface area (Å²) in [4.78, 5) is 22.8. The number of phenols is 1. The number of carbonyl (C=O) groups is 2. The molecule has 0 aliphatic carbocycles. The summed E-state index contributed by atoms with van der Waals surface area (Å²) in [5.41, 5.74) is -0.739. The molecule has 0 aliphatic rings. The second kappa shape index (κ2) is 6.25. The summed E-state index contributed by atoms with van der Waals surface area (Å²) in [5.74, 6) is -1.57. The van der Waals surface area contributed by atoms with Crippen LogP contribution in [0.25, 0.3) is 0 Å². The number of halogens is 2. The van der Waals surface area contributed by atoms with Crippen LogP contribution in [0, 0.1) is 7.14 Å². The predicted molar refractivity (Wildman–Crippen MR) is 87.3 cm³/mol. The van der Waals surface area contributed by atoms with E-state index < -0.39 is 17.4 Å². The maximum Gasteiger partial charge on any atom is 0.305 e. The van der Waals surface area contributed by atoms with Gasteiger partial charge in [0, 0.05) is 9.11 Å². The first-order valence-corrected chi connectivity index (χ1v) is 7.50. The summed E-state index contributed by atoms with van der Waals surface area (Å²) in [6, 6.07) is 3.31. The molecule has 0 saturated heterocycles. The van der Waals surface area contributed by atoms with Crippen LogP contribution in [0.2, 0.25) is 0 Å². The molecule has 19 heavy (non-hydrogen) atoms. The SMILES string of the molecule is CC(C)(CC(=O)O)NC(=O)c1cc(I)cc(I)c1O. The summed E-state index contributed by atoms with van der Waals surface area (Å²) >= 11 is 3.99. The fourth-order valence-electron chi connectivity index (χ4n) is 1.54. The van der Waals surface area contributed by atoms with Crippen molar-refractivity contribution in [1.29, 1.82) is 0 Å². The second-order valence-electron chi connectivity index (χ2n) is 4.69. The Morgan fingerprint density at radius 1 is 1.32 bits per heavy atom. The Hall–Kier alpha value is -0.580. The van der Waals surface area contributed by atoms with Crippen molar-refractivity contribution in [2.24, 2.45) is 0 Å². The average molecular weight is 489 g/mol. The van der Waals surface area contributed by atoms with E-state index >= 15 is 0 Å². The Labute approximate surface area is 138 Å². The van der Waals surface area contributed by atoms with E-state index in [1.807, 2.05) is 45.2 Å². The first kappa shape index (κ1) is 16.5. The van der Waals surface area contributed by atoms with Gasteiger partial charge < -0.3 is 15.5 Å². The normalized spacial score (nSPS) is 11.2. The summed E-state index contributed by atoms with van der Waals surface area (Å²) in [6.45, 7) is 3.24. The Bertz CT molecular complexity index is 529. The van der Waals surface area contributed by atoms with Crippen molar-refractivity contribution in [1.82, 2.24) is 5.32 Å². The van der Waals surface area contributed by atoms with Crippen LogP contribution in [0.1, 0.15) is 30.6 Å². The fraction of sp³-hybridized carbons (Fsp3) is 0.333. The van der Waals surface area contributed by atoms with Crippen molar-refractivity contribution in [3.05, 3.63) is 24.8 Å². The number of carbonyl (C=O) groups excluding carboxylic acids is 1. The minimum Gasteiger partial charge on any atom is -0.506 e. The molecule has 0 bridgehead atoms. The van der Waals surface area contributed by atoms with Crippen molar-refractivity contribution in [3.63, 3.8) is 0 Å². The van der Waals surface area contributed by atoms with E-state index in [-0.39, 0.29) is 17.7 Å². The number of amides is 1. The monoisotopic (exact) mass is 489 g/mol. The van der Waals surface area contributed by atoms with Gasteiger partial charge in [0.05, 0.1) is 15.6 Å². The predicted octanol–water partition coefficient (Wildman–Crippen LogP) is 2.58. The van der Waals surface area contributed by atoms with Gasteiger partial charge in [0.25, 0.3) is 5.91 Å². The number of aliphatic carboxylic acids is 1. The average Bonchev–Trinajstić information content (AvgIpc) is 2.20. The largest absolute Gasteiger partial charge is 0.506 e. The third kappa shape index (κ3) is 4.79. The molecule has 7 heteroatoms. The molecule has 0 fully saturated rings. The van der Waals surface area contributed by atoms with Gasteiger partial charge in [-0.15, -0.1) is 0 Å². The summed E-state index contributed by atoms with van der Waals surface area (Å²) in [7, 11) is 0. The van der Waals surface area contributed by atoms with Gasteiger partial charge in [-0.1, -0.05) is 0 Å². The molecule has 5 nitrogen and oxygen atoms in total. The molecule has 0 aliphatic heterocycles. The first-order valence-electron chi connectivity index (χ1n) is 5.35. The van der Waals surface area contributed by atoms with E-state index in [9.17, 15) is 14.7 Å². The Morgan fingerprint density at radius 2 is 1.89 bits per heavy atom. The zero-order chi connectivity index (χ0) is 14.8. The highest BCUT2D eigenvalue weighted by Crippen LogP contribution is 2.27. The lowest BCUT2D eigenvalue weighted by molar-refractivity contribution is -0.138. The Kier molecular flexibility index (Phi) is 5.42. The number of nitrogens with one attached hydrogen (secondary N) is 1. The maximum atomic E-state index is 12.1. The van der Waals surface area contributed by atoms with Crippen LogP contribution in [0.15, 0.2) is 12.1 Å². The first-order chi connectivity index (χ1) is 8.62. The highest BCUT2D eigenvalue weighted by molar-refractivity contribution is 14.1. The molecule has 0 aromatic heterocycles. The quantitative estimate of drug-likeness (QED) is 0.568. The van der Waals surface area contributed by atoms with Crippen LogP contribution in [0.5, 0.6) is 5.75 Å². The minimum absolute atomic E-state index is 0.0929. The van der Waals surface area contributed by atoms with E-state index in [0.717, 1.165) is 3.57 Å². The molecule has 3 N–H and O–H groups in total. The third-order valence-corrected chi connectivity index (χ3v) is 3.76. The van der Waals surface area contributed by atoms with Crippen LogP contribution < -0.4 is 5.32 Å². The standard InChI is InChI=1S/C12H13I2NO4/c1-12(2,5-9(16)17)15-11(19)7-3-6(13)4-8(14)10(7)18/h3-4,18H,5H2,1-2H3,(H,15,19)(H,16,17). The lowest BCUT2D eigenvalue weighted by atomic mass is 10.00. The molecule has 1 amide bonds. The van der Waals surface area contributed by atoms with Gasteiger partial charge in [-0.3, -0.25) is 9.59 Å². The van der Waals surface area contributed by atoms with Crippen LogP contribution in [0.4, 0.5) is 0 Å². The molecule has 104 valence electrons. The zero-order valence-corrected chi connectivity index (χ0v) is 14.6. The highest BCUT2D eigenvalue weighted by Gasteiger charge is 2.26. The molecule has 0 unspecified atom stereocenters. The van der Waals surface area contributed by atoms with E-state index in [2.05, 4.69) is 5.32 Å². The molecule has 0 radical (unpaired) electrons. The number of carboxylic acids is 1. The van der Waals surface area contributed by atoms with Crippen molar-refractivity contribution in [2.75, 3.05) is 0 Å². The molecule has 0 spiro atoms. The van der Waals surface area contributed by atoms with Crippen molar-refractivity contribution >= 4 is 57.1 Å². The van der Waals surface area contributed by atoms with Gasteiger partial charge in [-0.2, -0.15) is 0 Å². The molecule has 1 rings (SSSR count). The molecule has 0 atom stereocenters. The fourth-order valence-corrected chi connectivity index (χ4v) is 3.38. The molecule has 0 heterocycles. The number of hydrogen-bond donors (Lipinski definition) is 3. The number of benzene rings is 1. The van der Waals surface area contributed by atoms with Crippen LogP contribution in [-0.2, 0) is 4.79 Å². The third-order valence-electron chi connectivity index (χ3n) is 2.32. The van der Waals surface area contributed by atoms with E-state index in [1.165, 1.54) is 0 Å². The minimum atomic E-state index is -0.994. The van der Waals surface area contributed by atoms with Gasteiger partial charge in [0.1, 0.15) is 5.75 Å². The van der Waals surface area contributed by atoms with Gasteiger partial charge in [0.2, 0.25) is 0 Å². The number of carboxylic acid groups (broad SMARTS) is 1. The molecule has 1 aromatic rings. The molecule has 0 saturated carbocycles. The van der Waals surface area contributed by atoms with Crippen LogP contribution in [0.3, 0.4) is 0 Å². The number of hydrogen-bond acceptors (Lipinski definition) is 3. The van der Waals surface area contributed by atoms with E-state index in [4.69, 9.17) is 5.11 Å². The molecule has 1 aromatic carbocycles. The lowest BCUT2D eigenvalue weighted by Gasteiger charge is -2.24. The summed E-state index contributed by atoms with van der Waals surface area (Å²) < 4.78 is 1.40. The molecular weight excluding hydrogens is 476 g/mol. The van der Waals surface area contributed by atoms with Gasteiger partial charge in [0.15, 0.2) is 0 Å². The van der Waals surface area contributed by atoms with Crippen LogP contribution in [-0.4, -0.2) is 27.6 Å². The number of aromatic hydroxyl groups is 1. The summed E-state index contributed by atoms with van der Waals surface area (Å²) in [5, 5.41) is 21.3. The molecular formula is C12H13I2NO4. The topological polar surface area (TPSA) is 86.6 Å². The maximum absolute atomic E-state index is 12.1. The van der Waals surface area contributed by atoms with E-state index in [0.29, 0.717) is 3.57 Å². The lowest BCUT2D eigenvalue weighted by Crippen LogP contribution is -2.45. The van der Waals surface area contributed by atoms with Crippen LogP contribution >= 0.6 is 45.2 Å². The number of phenolic OH excluding ortho intramolecular Hbond substituents is 1. The Morgan fingerprint density at radius 3 is 2.42 bits per heavy atom. The smallest absolute Gasteiger partial charge is 0.305 e. The van der Waals surface area contributed by atoms with Crippen molar-refractivity contribution in [3.8, 4) is 5.75 Å². The van der Waals surface area contributed by atoms with Gasteiger partial charge in [-0.25, -0.2) is 0 Å². The van der Waals surface area contributed by atoms with Gasteiger partial charge in [-0.05, 0) is 71.2 Å². The number of rotatable bonds is 4. The second-order valence-corrected chi connectivity index (χ2v) is 7.10. The summed E-state index contributed by atoms with van der Waals surface area (Å²) in [6.07, 6.45) is -0.194.